The number of nitrogens with one attached hydrogen (secondary N) is 3. The predicted molar refractivity (Wildman–Crippen MR) is 129 cm³/mol. The Bertz CT molecular complexity index is 1120. The van der Waals surface area contributed by atoms with E-state index in [9.17, 15) is 19.5 Å². The molecule has 2 amide bonds. The van der Waals surface area contributed by atoms with Gasteiger partial charge in [-0.25, -0.2) is 4.79 Å². The first kappa shape index (κ1) is 24.5. The zero-order chi connectivity index (χ0) is 24.0. The highest BCUT2D eigenvalue weighted by molar-refractivity contribution is 9.13. The Morgan fingerprint density at radius 2 is 1.67 bits per heavy atom. The summed E-state index contributed by atoms with van der Waals surface area (Å²) in [6.45, 7) is 0.210. The van der Waals surface area contributed by atoms with Crippen LogP contribution in [0.2, 0.25) is 0 Å². The van der Waals surface area contributed by atoms with Gasteiger partial charge in [-0.3, -0.25) is 9.59 Å². The molecule has 2 aromatic carbocycles. The number of methoxy groups -OCH3 is 1. The van der Waals surface area contributed by atoms with Crippen molar-refractivity contribution in [2.75, 3.05) is 7.11 Å². The maximum absolute atomic E-state index is 13.0. The fourth-order valence-electron chi connectivity index (χ4n) is 3.03. The summed E-state index contributed by atoms with van der Waals surface area (Å²) in [6, 6.07) is 13.8. The second kappa shape index (κ2) is 11.2. The number of carbonyl (C=O) groups is 3. The SMILES string of the molecule is COC(=O)c1ccc(CNC(=O)[C@H](Cc2ccc(O)cc2)NC(=O)c2cc(Br)c(Br)[nH]2)cc1. The molecule has 10 heteroatoms. The monoisotopic (exact) mass is 577 g/mol. The molecule has 0 radical (unpaired) electrons. The minimum Gasteiger partial charge on any atom is -0.508 e. The van der Waals surface area contributed by atoms with Crippen LogP contribution in [0.4, 0.5) is 0 Å². The molecule has 3 aromatic rings. The molecule has 0 saturated heterocycles. The molecule has 8 nitrogen and oxygen atoms in total. The molecular formula is C23H21Br2N3O5. The Morgan fingerprint density at radius 3 is 2.24 bits per heavy atom. The number of phenols is 1. The number of halogens is 2. The highest BCUT2D eigenvalue weighted by atomic mass is 79.9. The first-order valence-electron chi connectivity index (χ1n) is 9.84. The van der Waals surface area contributed by atoms with Gasteiger partial charge in [-0.15, -0.1) is 0 Å². The Labute approximate surface area is 207 Å². The van der Waals surface area contributed by atoms with E-state index in [0.717, 1.165) is 11.1 Å². The highest BCUT2D eigenvalue weighted by Gasteiger charge is 2.23. The van der Waals surface area contributed by atoms with Gasteiger partial charge in [0.1, 0.15) is 17.5 Å². The van der Waals surface area contributed by atoms with Crippen molar-refractivity contribution in [2.24, 2.45) is 0 Å². The second-order valence-corrected chi connectivity index (χ2v) is 8.80. The van der Waals surface area contributed by atoms with Crippen molar-refractivity contribution in [1.82, 2.24) is 15.6 Å². The van der Waals surface area contributed by atoms with Crippen LogP contribution < -0.4 is 10.6 Å². The number of aromatic nitrogens is 1. The third-order valence-electron chi connectivity index (χ3n) is 4.81. The van der Waals surface area contributed by atoms with E-state index in [2.05, 4.69) is 52.2 Å². The summed E-state index contributed by atoms with van der Waals surface area (Å²) in [5.74, 6) is -1.15. The standard InChI is InChI=1S/C23H21Br2N3O5/c1-33-23(32)15-6-2-14(3-7-15)12-26-21(30)18(10-13-4-8-16(29)9-5-13)28-22(31)19-11-17(24)20(25)27-19/h2-9,11,18,27,29H,10,12H2,1H3,(H,26,30)(H,28,31)/t18-/m0/s1. The van der Waals surface area contributed by atoms with Gasteiger partial charge < -0.3 is 25.5 Å². The molecule has 0 aliphatic rings. The Morgan fingerprint density at radius 1 is 1.03 bits per heavy atom. The Balaban J connectivity index is 1.71. The van der Waals surface area contributed by atoms with Crippen LogP contribution in [0.15, 0.2) is 63.7 Å². The van der Waals surface area contributed by atoms with Crippen LogP contribution >= 0.6 is 31.9 Å². The Kier molecular flexibility index (Phi) is 8.29. The van der Waals surface area contributed by atoms with Crippen molar-refractivity contribution in [1.29, 1.82) is 0 Å². The molecule has 33 heavy (non-hydrogen) atoms. The molecule has 3 rings (SSSR count). The lowest BCUT2D eigenvalue weighted by Crippen LogP contribution is -2.48. The number of rotatable bonds is 8. The minimum absolute atomic E-state index is 0.111. The van der Waals surface area contributed by atoms with Crippen LogP contribution in [0.5, 0.6) is 5.75 Å². The maximum atomic E-state index is 13.0. The molecule has 0 bridgehead atoms. The summed E-state index contributed by atoms with van der Waals surface area (Å²) in [4.78, 5) is 40.1. The molecule has 0 saturated carbocycles. The van der Waals surface area contributed by atoms with E-state index in [1.54, 1.807) is 42.5 Å². The number of aromatic amines is 1. The van der Waals surface area contributed by atoms with Crippen LogP contribution in [0.25, 0.3) is 0 Å². The van der Waals surface area contributed by atoms with Gasteiger partial charge in [0.25, 0.3) is 5.91 Å². The van der Waals surface area contributed by atoms with E-state index >= 15 is 0 Å². The van der Waals surface area contributed by atoms with Gasteiger partial charge in [0, 0.05) is 13.0 Å². The fraction of sp³-hybridized carbons (Fsp3) is 0.174. The van der Waals surface area contributed by atoms with E-state index in [1.807, 2.05) is 0 Å². The van der Waals surface area contributed by atoms with Crippen molar-refractivity contribution in [3.63, 3.8) is 0 Å². The quantitative estimate of drug-likeness (QED) is 0.304. The van der Waals surface area contributed by atoms with Gasteiger partial charge >= 0.3 is 5.97 Å². The average Bonchev–Trinajstić information content (AvgIpc) is 3.16. The maximum Gasteiger partial charge on any atom is 0.337 e. The summed E-state index contributed by atoms with van der Waals surface area (Å²) < 4.78 is 5.98. The van der Waals surface area contributed by atoms with Crippen molar-refractivity contribution in [3.05, 3.63) is 86.1 Å². The van der Waals surface area contributed by atoms with Gasteiger partial charge in [-0.05, 0) is 73.3 Å². The topological polar surface area (TPSA) is 121 Å². The molecule has 4 N–H and O–H groups in total. The molecule has 1 heterocycles. The lowest BCUT2D eigenvalue weighted by atomic mass is 10.0. The van der Waals surface area contributed by atoms with E-state index < -0.39 is 17.9 Å². The number of H-pyrrole nitrogens is 1. The van der Waals surface area contributed by atoms with E-state index in [-0.39, 0.29) is 30.3 Å². The predicted octanol–water partition coefficient (Wildman–Crippen LogP) is 3.69. The normalized spacial score (nSPS) is 11.5. The van der Waals surface area contributed by atoms with Crippen LogP contribution in [-0.2, 0) is 22.5 Å². The third-order valence-corrected chi connectivity index (χ3v) is 6.59. The molecule has 0 aliphatic heterocycles. The van der Waals surface area contributed by atoms with Crippen LogP contribution in [-0.4, -0.2) is 41.0 Å². The van der Waals surface area contributed by atoms with E-state index in [4.69, 9.17) is 0 Å². The first-order chi connectivity index (χ1) is 15.8. The molecular weight excluding hydrogens is 558 g/mol. The number of aromatic hydroxyl groups is 1. The summed E-state index contributed by atoms with van der Waals surface area (Å²) in [7, 11) is 1.31. The van der Waals surface area contributed by atoms with Gasteiger partial charge in [-0.2, -0.15) is 0 Å². The largest absolute Gasteiger partial charge is 0.508 e. The fourth-order valence-corrected chi connectivity index (χ4v) is 3.68. The van der Waals surface area contributed by atoms with Crippen LogP contribution in [0.1, 0.15) is 32.0 Å². The summed E-state index contributed by atoms with van der Waals surface area (Å²) in [6.07, 6.45) is 0.224. The lowest BCUT2D eigenvalue weighted by molar-refractivity contribution is -0.123. The second-order valence-electron chi connectivity index (χ2n) is 7.15. The van der Waals surface area contributed by atoms with E-state index in [0.29, 0.717) is 14.6 Å². The third kappa shape index (κ3) is 6.69. The number of ether oxygens (including phenoxy) is 1. The van der Waals surface area contributed by atoms with Gasteiger partial charge in [0.2, 0.25) is 5.91 Å². The number of carbonyl (C=O) groups excluding carboxylic acids is 3. The summed E-state index contributed by atoms with van der Waals surface area (Å²) >= 11 is 6.61. The number of esters is 1. The number of amides is 2. The smallest absolute Gasteiger partial charge is 0.337 e. The van der Waals surface area contributed by atoms with Crippen molar-refractivity contribution < 1.29 is 24.2 Å². The molecule has 172 valence electrons. The first-order valence-corrected chi connectivity index (χ1v) is 11.4. The van der Waals surface area contributed by atoms with Gasteiger partial charge in [-0.1, -0.05) is 24.3 Å². The minimum atomic E-state index is -0.864. The van der Waals surface area contributed by atoms with Gasteiger partial charge in [0.05, 0.1) is 21.7 Å². The highest BCUT2D eigenvalue weighted by Crippen LogP contribution is 2.23. The lowest BCUT2D eigenvalue weighted by Gasteiger charge is -2.18. The van der Waals surface area contributed by atoms with Gasteiger partial charge in [0.15, 0.2) is 0 Å². The zero-order valence-corrected chi connectivity index (χ0v) is 20.7. The molecule has 0 aliphatic carbocycles. The van der Waals surface area contributed by atoms with Crippen LogP contribution in [0.3, 0.4) is 0 Å². The molecule has 1 atom stereocenters. The molecule has 0 unspecified atom stereocenters. The van der Waals surface area contributed by atoms with Crippen LogP contribution in [0, 0.1) is 0 Å². The number of phenolic OH excluding ortho intramolecular Hbond substituents is 1. The summed E-state index contributed by atoms with van der Waals surface area (Å²) in [5.41, 5.74) is 2.25. The average molecular weight is 579 g/mol. The summed E-state index contributed by atoms with van der Waals surface area (Å²) in [5, 5.41) is 15.1. The van der Waals surface area contributed by atoms with Crippen molar-refractivity contribution in [3.8, 4) is 5.75 Å². The zero-order valence-electron chi connectivity index (χ0n) is 17.5. The van der Waals surface area contributed by atoms with Crippen molar-refractivity contribution >= 4 is 49.6 Å². The Hall–Kier alpha value is -3.11. The van der Waals surface area contributed by atoms with Crippen molar-refractivity contribution in [2.45, 2.75) is 19.0 Å². The number of benzene rings is 2. The molecule has 1 aromatic heterocycles. The molecule has 0 spiro atoms. The number of hydrogen-bond donors (Lipinski definition) is 4. The van der Waals surface area contributed by atoms with E-state index in [1.165, 1.54) is 19.2 Å². The number of hydrogen-bond acceptors (Lipinski definition) is 5. The molecule has 0 fully saturated rings.